The molecule has 28 heavy (non-hydrogen) atoms. The van der Waals surface area contributed by atoms with Crippen LogP contribution in [-0.2, 0) is 0 Å². The molecule has 0 spiro atoms. The van der Waals surface area contributed by atoms with E-state index in [2.05, 4.69) is 40.6 Å². The summed E-state index contributed by atoms with van der Waals surface area (Å²) in [6.45, 7) is 0. The monoisotopic (exact) mass is 365 g/mol. The maximum Gasteiger partial charge on any atom is 0.275 e. The Balaban J connectivity index is 1.68. The summed E-state index contributed by atoms with van der Waals surface area (Å²) in [5.41, 5.74) is 6.15. The molecule has 0 fully saturated rings. The molecule has 0 saturated carbocycles. The Bertz CT molecular complexity index is 1380. The van der Waals surface area contributed by atoms with Crippen LogP contribution in [0.5, 0.6) is 0 Å². The quantitative estimate of drug-likeness (QED) is 0.467. The van der Waals surface area contributed by atoms with Crippen molar-refractivity contribution in [3.63, 3.8) is 0 Å². The summed E-state index contributed by atoms with van der Waals surface area (Å²) in [7, 11) is 0. The van der Waals surface area contributed by atoms with E-state index in [0.717, 1.165) is 26.9 Å². The minimum atomic E-state index is -0.686. The second kappa shape index (κ2) is 6.03. The molecule has 0 atom stereocenters. The summed E-state index contributed by atoms with van der Waals surface area (Å²) in [6, 6.07) is 21.4. The molecule has 3 N–H and O–H groups in total. The Labute approximate surface area is 160 Å². The summed E-state index contributed by atoms with van der Waals surface area (Å²) in [4.78, 5) is 28.5. The second-order valence-electron chi connectivity index (χ2n) is 6.69. The lowest BCUT2D eigenvalue weighted by Crippen LogP contribution is -2.21. The van der Waals surface area contributed by atoms with Crippen LogP contribution in [0.25, 0.3) is 32.3 Å². The molecule has 5 aromatic rings. The molecule has 0 aliphatic rings. The molecule has 134 valence electrons. The Hall–Kier alpha value is -3.99. The second-order valence-corrected chi connectivity index (χ2v) is 6.69. The van der Waals surface area contributed by atoms with Crippen molar-refractivity contribution in [2.75, 3.05) is 5.32 Å². The number of nitrogens with zero attached hydrogens (tertiary/aromatic N) is 1. The SMILES string of the molecule is NC(=O)c1cccnc1C(=O)Nc1ccc2ccc3cccc4ccc1c2c34. The normalized spacial score (nSPS) is 11.3. The fraction of sp³-hybridized carbons (Fsp3) is 0. The molecule has 5 nitrogen and oxygen atoms in total. The van der Waals surface area contributed by atoms with Crippen molar-refractivity contribution < 1.29 is 9.59 Å². The molecule has 0 aliphatic heterocycles. The number of pyridine rings is 1. The summed E-state index contributed by atoms with van der Waals surface area (Å²) in [5, 5.41) is 9.52. The molecule has 0 saturated heterocycles. The van der Waals surface area contributed by atoms with Gasteiger partial charge in [-0.2, -0.15) is 0 Å². The fourth-order valence-corrected chi connectivity index (χ4v) is 3.81. The van der Waals surface area contributed by atoms with E-state index in [1.807, 2.05) is 24.3 Å². The van der Waals surface area contributed by atoms with Gasteiger partial charge in [0.2, 0.25) is 0 Å². The number of carbonyl (C=O) groups excluding carboxylic acids is 2. The van der Waals surface area contributed by atoms with Crippen LogP contribution in [0.1, 0.15) is 20.8 Å². The van der Waals surface area contributed by atoms with Crippen LogP contribution in [0.3, 0.4) is 0 Å². The van der Waals surface area contributed by atoms with Gasteiger partial charge in [-0.1, -0.05) is 48.5 Å². The number of aromatic nitrogens is 1. The lowest BCUT2D eigenvalue weighted by Gasteiger charge is -2.14. The van der Waals surface area contributed by atoms with Crippen molar-refractivity contribution in [3.8, 4) is 0 Å². The van der Waals surface area contributed by atoms with Gasteiger partial charge in [-0.3, -0.25) is 14.6 Å². The fourth-order valence-electron chi connectivity index (χ4n) is 3.81. The molecule has 1 heterocycles. The van der Waals surface area contributed by atoms with E-state index in [9.17, 15) is 9.59 Å². The molecule has 5 rings (SSSR count). The van der Waals surface area contributed by atoms with Crippen molar-refractivity contribution in [3.05, 3.63) is 84.2 Å². The van der Waals surface area contributed by atoms with Gasteiger partial charge < -0.3 is 11.1 Å². The predicted octanol–water partition coefficient (Wildman–Crippen LogP) is 4.33. The third-order valence-electron chi connectivity index (χ3n) is 5.07. The number of amides is 2. The Morgan fingerprint density at radius 1 is 0.786 bits per heavy atom. The Morgan fingerprint density at radius 3 is 2.21 bits per heavy atom. The van der Waals surface area contributed by atoms with Crippen molar-refractivity contribution in [2.45, 2.75) is 0 Å². The lowest BCUT2D eigenvalue weighted by atomic mass is 9.93. The van der Waals surface area contributed by atoms with E-state index < -0.39 is 11.8 Å². The van der Waals surface area contributed by atoms with Crippen LogP contribution in [-0.4, -0.2) is 16.8 Å². The van der Waals surface area contributed by atoms with Crippen LogP contribution < -0.4 is 11.1 Å². The zero-order chi connectivity index (χ0) is 19.3. The lowest BCUT2D eigenvalue weighted by molar-refractivity contribution is 0.0974. The van der Waals surface area contributed by atoms with Gasteiger partial charge in [-0.15, -0.1) is 0 Å². The van der Waals surface area contributed by atoms with Gasteiger partial charge in [0.1, 0.15) is 5.69 Å². The first-order valence-corrected chi connectivity index (χ1v) is 8.86. The smallest absolute Gasteiger partial charge is 0.275 e. The average Bonchev–Trinajstić information content (AvgIpc) is 2.73. The zero-order valence-electron chi connectivity index (χ0n) is 14.8. The molecule has 0 aliphatic carbocycles. The van der Waals surface area contributed by atoms with E-state index in [-0.39, 0.29) is 11.3 Å². The molecular formula is C23H15N3O2. The summed E-state index contributed by atoms with van der Waals surface area (Å²) >= 11 is 0. The number of nitrogens with one attached hydrogen (secondary N) is 1. The summed E-state index contributed by atoms with van der Waals surface area (Å²) < 4.78 is 0. The van der Waals surface area contributed by atoms with Gasteiger partial charge in [0.05, 0.1) is 5.56 Å². The van der Waals surface area contributed by atoms with Gasteiger partial charge >= 0.3 is 0 Å². The number of benzene rings is 4. The number of primary amides is 1. The number of carbonyl (C=O) groups is 2. The van der Waals surface area contributed by atoms with E-state index in [0.29, 0.717) is 5.69 Å². The number of rotatable bonds is 3. The van der Waals surface area contributed by atoms with Crippen LogP contribution in [0.4, 0.5) is 5.69 Å². The molecule has 0 bridgehead atoms. The highest BCUT2D eigenvalue weighted by atomic mass is 16.2. The largest absolute Gasteiger partial charge is 0.366 e. The van der Waals surface area contributed by atoms with Gasteiger partial charge in [0.15, 0.2) is 0 Å². The van der Waals surface area contributed by atoms with Gasteiger partial charge in [-0.05, 0) is 45.1 Å². The molecule has 0 unspecified atom stereocenters. The average molecular weight is 365 g/mol. The number of hydrogen-bond donors (Lipinski definition) is 2. The Morgan fingerprint density at radius 2 is 1.46 bits per heavy atom. The van der Waals surface area contributed by atoms with Crippen molar-refractivity contribution in [1.29, 1.82) is 0 Å². The van der Waals surface area contributed by atoms with Crippen LogP contribution in [0.2, 0.25) is 0 Å². The third-order valence-corrected chi connectivity index (χ3v) is 5.07. The molecule has 1 aromatic heterocycles. The van der Waals surface area contributed by atoms with E-state index in [1.165, 1.54) is 17.6 Å². The van der Waals surface area contributed by atoms with Gasteiger partial charge in [-0.25, -0.2) is 0 Å². The zero-order valence-corrected chi connectivity index (χ0v) is 14.8. The van der Waals surface area contributed by atoms with Crippen LogP contribution in [0, 0.1) is 0 Å². The molecular weight excluding hydrogens is 350 g/mol. The Kier molecular flexibility index (Phi) is 3.49. The standard InChI is InChI=1S/C23H15N3O2/c24-22(27)17-5-2-12-25-21(17)23(28)26-18-11-9-15-7-6-13-3-1-4-14-8-10-16(18)20(15)19(13)14/h1-12H,(H2,24,27)(H,26,28). The van der Waals surface area contributed by atoms with Gasteiger partial charge in [0, 0.05) is 17.3 Å². The minimum absolute atomic E-state index is 0.0145. The highest BCUT2D eigenvalue weighted by Crippen LogP contribution is 2.37. The van der Waals surface area contributed by atoms with E-state index >= 15 is 0 Å². The molecule has 2 amide bonds. The third kappa shape index (κ3) is 2.37. The molecule has 5 heteroatoms. The van der Waals surface area contributed by atoms with Crippen molar-refractivity contribution >= 4 is 49.8 Å². The van der Waals surface area contributed by atoms with Crippen LogP contribution in [0.15, 0.2) is 72.9 Å². The first-order valence-electron chi connectivity index (χ1n) is 8.86. The molecule has 0 radical (unpaired) electrons. The minimum Gasteiger partial charge on any atom is -0.366 e. The first kappa shape index (κ1) is 16.2. The summed E-state index contributed by atoms with van der Waals surface area (Å²) in [5.74, 6) is -1.15. The van der Waals surface area contributed by atoms with Gasteiger partial charge in [0.25, 0.3) is 11.8 Å². The molecule has 4 aromatic carbocycles. The number of hydrogen-bond acceptors (Lipinski definition) is 3. The van der Waals surface area contributed by atoms with Crippen molar-refractivity contribution in [1.82, 2.24) is 4.98 Å². The van der Waals surface area contributed by atoms with Crippen LogP contribution >= 0.6 is 0 Å². The highest BCUT2D eigenvalue weighted by molar-refractivity contribution is 6.26. The number of nitrogens with two attached hydrogens (primary N) is 1. The summed E-state index contributed by atoms with van der Waals surface area (Å²) in [6.07, 6.45) is 1.46. The van der Waals surface area contributed by atoms with E-state index in [4.69, 9.17) is 5.73 Å². The number of anilines is 1. The van der Waals surface area contributed by atoms with Crippen molar-refractivity contribution in [2.24, 2.45) is 5.73 Å². The predicted molar refractivity (Wildman–Crippen MR) is 111 cm³/mol. The first-order chi connectivity index (χ1) is 13.6. The topological polar surface area (TPSA) is 85.1 Å². The maximum atomic E-state index is 12.8. The highest BCUT2D eigenvalue weighted by Gasteiger charge is 2.18. The maximum absolute atomic E-state index is 12.8. The van der Waals surface area contributed by atoms with E-state index in [1.54, 1.807) is 6.07 Å².